The molecule has 1 aromatic carbocycles. The monoisotopic (exact) mass is 402 g/mol. The maximum absolute atomic E-state index is 5.41. The molecule has 28 heavy (non-hydrogen) atoms. The van der Waals surface area contributed by atoms with Crippen molar-refractivity contribution >= 4 is 23.0 Å². The van der Waals surface area contributed by atoms with Gasteiger partial charge in [-0.15, -0.1) is 11.3 Å². The van der Waals surface area contributed by atoms with Crippen molar-refractivity contribution in [2.75, 3.05) is 38.8 Å². The molecule has 0 amide bonds. The molecule has 0 saturated carbocycles. The fourth-order valence-corrected chi connectivity index (χ4v) is 4.15. The first-order valence-electron chi connectivity index (χ1n) is 9.68. The van der Waals surface area contributed by atoms with Gasteiger partial charge >= 0.3 is 0 Å². The van der Waals surface area contributed by atoms with E-state index in [0.717, 1.165) is 49.2 Å². The van der Waals surface area contributed by atoms with Crippen LogP contribution >= 0.6 is 11.3 Å². The number of ether oxygens (including phenoxy) is 2. The number of benzene rings is 1. The number of anilines is 1. The highest BCUT2D eigenvalue weighted by molar-refractivity contribution is 7.10. The van der Waals surface area contributed by atoms with Crippen LogP contribution in [0.3, 0.4) is 0 Å². The molecule has 152 valence electrons. The summed E-state index contributed by atoms with van der Waals surface area (Å²) in [7, 11) is 3.36. The molecule has 0 radical (unpaired) electrons. The zero-order valence-electron chi connectivity index (χ0n) is 17.1. The van der Waals surface area contributed by atoms with E-state index in [2.05, 4.69) is 53.0 Å². The number of guanidine groups is 1. The van der Waals surface area contributed by atoms with Gasteiger partial charge in [0.05, 0.1) is 20.8 Å². The number of methoxy groups -OCH3 is 2. The molecule has 3 rings (SSSR count). The van der Waals surface area contributed by atoms with Gasteiger partial charge in [-0.25, -0.2) is 4.99 Å². The number of thiophene rings is 1. The van der Waals surface area contributed by atoms with Crippen LogP contribution in [0.25, 0.3) is 0 Å². The van der Waals surface area contributed by atoms with Gasteiger partial charge in [-0.05, 0) is 37.3 Å². The quantitative estimate of drug-likeness (QED) is 0.549. The van der Waals surface area contributed by atoms with Gasteiger partial charge in [0.1, 0.15) is 11.5 Å². The summed E-state index contributed by atoms with van der Waals surface area (Å²) in [5, 5.41) is 9.09. The van der Waals surface area contributed by atoms with Crippen LogP contribution in [0.15, 0.2) is 34.6 Å². The molecule has 1 fully saturated rings. The Morgan fingerprint density at radius 3 is 2.61 bits per heavy atom. The standard InChI is InChI=1S/C21H30N4O2S/c1-5-22-21(23-13-20-15(2)7-9-28-20)24-16-6-8-25(14-16)17-10-18(26-3)12-19(11-17)27-4/h7,9-12,16H,5-6,8,13-14H2,1-4H3,(H2,22,23,24). The summed E-state index contributed by atoms with van der Waals surface area (Å²) in [5.41, 5.74) is 2.43. The molecule has 1 unspecified atom stereocenters. The van der Waals surface area contributed by atoms with Crippen molar-refractivity contribution in [1.82, 2.24) is 10.6 Å². The van der Waals surface area contributed by atoms with Crippen LogP contribution in [0.4, 0.5) is 5.69 Å². The van der Waals surface area contributed by atoms with Crippen LogP contribution in [-0.2, 0) is 6.54 Å². The number of aryl methyl sites for hydroxylation is 1. The van der Waals surface area contributed by atoms with Gasteiger partial charge < -0.3 is 25.0 Å². The van der Waals surface area contributed by atoms with Gasteiger partial charge in [0.2, 0.25) is 0 Å². The maximum Gasteiger partial charge on any atom is 0.191 e. The molecule has 1 atom stereocenters. The van der Waals surface area contributed by atoms with Gasteiger partial charge in [0, 0.05) is 54.4 Å². The van der Waals surface area contributed by atoms with Crippen molar-refractivity contribution in [3.05, 3.63) is 40.1 Å². The topological polar surface area (TPSA) is 58.1 Å². The highest BCUT2D eigenvalue weighted by Gasteiger charge is 2.24. The van der Waals surface area contributed by atoms with Crippen LogP contribution in [0.5, 0.6) is 11.5 Å². The molecule has 6 nitrogen and oxygen atoms in total. The number of hydrogen-bond donors (Lipinski definition) is 2. The molecule has 2 N–H and O–H groups in total. The van der Waals surface area contributed by atoms with Gasteiger partial charge in [-0.3, -0.25) is 0 Å². The second kappa shape index (κ2) is 9.68. The molecular weight excluding hydrogens is 372 g/mol. The molecule has 2 aromatic rings. The second-order valence-corrected chi connectivity index (χ2v) is 7.87. The van der Waals surface area contributed by atoms with E-state index >= 15 is 0 Å². The minimum absolute atomic E-state index is 0.347. The fourth-order valence-electron chi connectivity index (χ4n) is 3.32. The van der Waals surface area contributed by atoms with E-state index in [1.165, 1.54) is 10.4 Å². The highest BCUT2D eigenvalue weighted by Crippen LogP contribution is 2.30. The van der Waals surface area contributed by atoms with Crippen molar-refractivity contribution in [1.29, 1.82) is 0 Å². The van der Waals surface area contributed by atoms with E-state index in [4.69, 9.17) is 14.5 Å². The Morgan fingerprint density at radius 1 is 1.25 bits per heavy atom. The molecule has 7 heteroatoms. The molecule has 2 heterocycles. The van der Waals surface area contributed by atoms with Crippen LogP contribution < -0.4 is 25.0 Å². The summed E-state index contributed by atoms with van der Waals surface area (Å²) < 4.78 is 10.8. The Labute approximate surface area is 171 Å². The Bertz CT molecular complexity index is 783. The Balaban J connectivity index is 1.64. The van der Waals surface area contributed by atoms with Gasteiger partial charge in [0.25, 0.3) is 0 Å². The molecular formula is C21H30N4O2S. The largest absolute Gasteiger partial charge is 0.497 e. The lowest BCUT2D eigenvalue weighted by Crippen LogP contribution is -2.44. The van der Waals surface area contributed by atoms with Crippen LogP contribution in [0.1, 0.15) is 23.8 Å². The predicted molar refractivity (Wildman–Crippen MR) is 117 cm³/mol. The lowest BCUT2D eigenvalue weighted by atomic mass is 10.2. The smallest absolute Gasteiger partial charge is 0.191 e. The normalized spacial score (nSPS) is 16.9. The molecule has 0 bridgehead atoms. The van der Waals surface area contributed by atoms with Crippen molar-refractivity contribution < 1.29 is 9.47 Å². The van der Waals surface area contributed by atoms with Gasteiger partial charge in [0.15, 0.2) is 5.96 Å². The number of aliphatic imine (C=N–C) groups is 1. The summed E-state index contributed by atoms with van der Waals surface area (Å²) in [6.07, 6.45) is 1.06. The molecule has 1 aliphatic rings. The second-order valence-electron chi connectivity index (χ2n) is 6.87. The minimum atomic E-state index is 0.347. The maximum atomic E-state index is 5.41. The van der Waals surface area contributed by atoms with E-state index in [-0.39, 0.29) is 0 Å². The van der Waals surface area contributed by atoms with Crippen LogP contribution in [0.2, 0.25) is 0 Å². The van der Waals surface area contributed by atoms with E-state index < -0.39 is 0 Å². The zero-order valence-corrected chi connectivity index (χ0v) is 17.9. The molecule has 1 aliphatic heterocycles. The minimum Gasteiger partial charge on any atom is -0.497 e. The Morgan fingerprint density at radius 2 is 2.00 bits per heavy atom. The fraction of sp³-hybridized carbons (Fsp3) is 0.476. The Kier molecular flexibility index (Phi) is 7.03. The average molecular weight is 403 g/mol. The van der Waals surface area contributed by atoms with Crippen molar-refractivity contribution in [3.8, 4) is 11.5 Å². The third-order valence-electron chi connectivity index (χ3n) is 4.92. The van der Waals surface area contributed by atoms with Gasteiger partial charge in [-0.2, -0.15) is 0 Å². The van der Waals surface area contributed by atoms with Crippen molar-refractivity contribution in [2.24, 2.45) is 4.99 Å². The number of hydrogen-bond acceptors (Lipinski definition) is 5. The summed E-state index contributed by atoms with van der Waals surface area (Å²) >= 11 is 1.76. The number of nitrogens with one attached hydrogen (secondary N) is 2. The molecule has 1 aromatic heterocycles. The first-order valence-corrected chi connectivity index (χ1v) is 10.6. The van der Waals surface area contributed by atoms with E-state index in [1.54, 1.807) is 25.6 Å². The summed E-state index contributed by atoms with van der Waals surface area (Å²) in [6, 6.07) is 8.51. The summed E-state index contributed by atoms with van der Waals surface area (Å²) in [6.45, 7) is 7.69. The third kappa shape index (κ3) is 5.10. The number of nitrogens with zero attached hydrogens (tertiary/aromatic N) is 2. The molecule has 0 spiro atoms. The van der Waals surface area contributed by atoms with E-state index in [0.29, 0.717) is 12.6 Å². The van der Waals surface area contributed by atoms with Gasteiger partial charge in [-0.1, -0.05) is 0 Å². The zero-order chi connectivity index (χ0) is 19.9. The molecule has 1 saturated heterocycles. The first kappa shape index (κ1) is 20.3. The Hall–Kier alpha value is -2.41. The van der Waals surface area contributed by atoms with E-state index in [1.807, 2.05) is 6.07 Å². The lowest BCUT2D eigenvalue weighted by Gasteiger charge is -2.21. The lowest BCUT2D eigenvalue weighted by molar-refractivity contribution is 0.394. The van der Waals surface area contributed by atoms with Crippen LogP contribution in [0, 0.1) is 6.92 Å². The average Bonchev–Trinajstić information content (AvgIpc) is 3.34. The van der Waals surface area contributed by atoms with Crippen molar-refractivity contribution in [2.45, 2.75) is 32.9 Å². The predicted octanol–water partition coefficient (Wildman–Crippen LogP) is 3.41. The highest BCUT2D eigenvalue weighted by atomic mass is 32.1. The third-order valence-corrected chi connectivity index (χ3v) is 5.93. The van der Waals surface area contributed by atoms with E-state index in [9.17, 15) is 0 Å². The first-order chi connectivity index (χ1) is 13.6. The van der Waals surface area contributed by atoms with Crippen LogP contribution in [-0.4, -0.2) is 45.9 Å². The molecule has 0 aliphatic carbocycles. The summed E-state index contributed by atoms with van der Waals surface area (Å²) in [4.78, 5) is 8.45. The van der Waals surface area contributed by atoms with Crippen molar-refractivity contribution in [3.63, 3.8) is 0 Å². The number of rotatable bonds is 7. The SMILES string of the molecule is CCNC(=NCc1sccc1C)NC1CCN(c2cc(OC)cc(OC)c2)C1. The summed E-state index contributed by atoms with van der Waals surface area (Å²) in [5.74, 6) is 2.50.